The summed E-state index contributed by atoms with van der Waals surface area (Å²) in [5.74, 6) is 2.36. The highest BCUT2D eigenvalue weighted by Crippen LogP contribution is 2.53. The molecular formula is C21H23N5O3. The Morgan fingerprint density at radius 3 is 2.79 bits per heavy atom. The highest BCUT2D eigenvalue weighted by Gasteiger charge is 2.56. The number of piperidine rings is 1. The van der Waals surface area contributed by atoms with Gasteiger partial charge in [-0.25, -0.2) is 4.98 Å². The van der Waals surface area contributed by atoms with Gasteiger partial charge in [0.1, 0.15) is 5.69 Å². The molecule has 3 atom stereocenters. The molecule has 2 N–H and O–H groups in total. The number of carbonyl (C=O) groups excluding carboxylic acids is 2. The van der Waals surface area contributed by atoms with Gasteiger partial charge in [-0.2, -0.15) is 0 Å². The lowest BCUT2D eigenvalue weighted by atomic mass is 10.2. The standard InChI is InChI=1S/C21H23N5O3/c1-11-19(29-12(2)24-11)21(28)26-9-15-14(16(15)10-26)3-6-23-20(27)18-7-13-8-22-5-4-17(13)25-18/h4-5,7-8,14-16,25H,3,6,9-10H2,1-2H3,(H,23,27)/t14-,15-,16+. The van der Waals surface area contributed by atoms with Crippen LogP contribution >= 0.6 is 0 Å². The van der Waals surface area contributed by atoms with Crippen molar-refractivity contribution in [2.75, 3.05) is 19.6 Å². The molecule has 2 fully saturated rings. The second-order valence-corrected chi connectivity index (χ2v) is 8.04. The van der Waals surface area contributed by atoms with Crippen LogP contribution in [0.4, 0.5) is 0 Å². The molecule has 0 aromatic carbocycles. The number of aromatic nitrogens is 3. The fraction of sp³-hybridized carbons (Fsp3) is 0.429. The first-order valence-corrected chi connectivity index (χ1v) is 9.95. The molecule has 8 nitrogen and oxygen atoms in total. The Kier molecular flexibility index (Phi) is 4.15. The summed E-state index contributed by atoms with van der Waals surface area (Å²) in [6, 6.07) is 3.67. The van der Waals surface area contributed by atoms with Gasteiger partial charge in [0.2, 0.25) is 5.76 Å². The van der Waals surface area contributed by atoms with Crippen molar-refractivity contribution in [3.8, 4) is 0 Å². The number of hydrogen-bond donors (Lipinski definition) is 2. The van der Waals surface area contributed by atoms with Gasteiger partial charge in [-0.3, -0.25) is 14.6 Å². The normalized spacial score (nSPS) is 22.7. The van der Waals surface area contributed by atoms with Crippen molar-refractivity contribution < 1.29 is 14.0 Å². The second kappa shape index (κ2) is 6.72. The number of amides is 2. The lowest BCUT2D eigenvalue weighted by molar-refractivity contribution is 0.0733. The number of nitrogens with zero attached hydrogens (tertiary/aromatic N) is 3. The third kappa shape index (κ3) is 3.18. The molecule has 1 saturated carbocycles. The smallest absolute Gasteiger partial charge is 0.291 e. The molecule has 3 aromatic rings. The molecule has 1 aliphatic heterocycles. The van der Waals surface area contributed by atoms with E-state index in [1.54, 1.807) is 26.2 Å². The van der Waals surface area contributed by atoms with Crippen molar-refractivity contribution >= 4 is 22.7 Å². The number of pyridine rings is 1. The van der Waals surface area contributed by atoms with E-state index >= 15 is 0 Å². The molecule has 0 radical (unpaired) electrons. The lowest BCUT2D eigenvalue weighted by Gasteiger charge is -2.18. The zero-order valence-electron chi connectivity index (χ0n) is 16.4. The molecule has 3 aromatic heterocycles. The van der Waals surface area contributed by atoms with Gasteiger partial charge < -0.3 is 19.6 Å². The first-order chi connectivity index (χ1) is 14.0. The van der Waals surface area contributed by atoms with E-state index in [1.807, 2.05) is 17.0 Å². The molecule has 2 aliphatic rings. The molecule has 29 heavy (non-hydrogen) atoms. The number of nitrogens with one attached hydrogen (secondary N) is 2. The van der Waals surface area contributed by atoms with E-state index in [1.165, 1.54) is 0 Å². The average molecular weight is 393 g/mol. The van der Waals surface area contributed by atoms with Gasteiger partial charge in [-0.15, -0.1) is 0 Å². The summed E-state index contributed by atoms with van der Waals surface area (Å²) in [4.78, 5) is 38.2. The van der Waals surface area contributed by atoms with Crippen LogP contribution in [0.15, 0.2) is 28.9 Å². The van der Waals surface area contributed by atoms with Crippen LogP contribution in [0.5, 0.6) is 0 Å². The van der Waals surface area contributed by atoms with Crippen molar-refractivity contribution in [1.82, 2.24) is 25.2 Å². The van der Waals surface area contributed by atoms with Crippen LogP contribution in [0.3, 0.4) is 0 Å². The van der Waals surface area contributed by atoms with Gasteiger partial charge in [0.15, 0.2) is 5.89 Å². The minimum atomic E-state index is -0.0972. The summed E-state index contributed by atoms with van der Waals surface area (Å²) >= 11 is 0. The number of fused-ring (bicyclic) bond motifs is 2. The largest absolute Gasteiger partial charge is 0.436 e. The maximum absolute atomic E-state index is 12.6. The highest BCUT2D eigenvalue weighted by atomic mass is 16.4. The maximum atomic E-state index is 12.6. The van der Waals surface area contributed by atoms with Crippen LogP contribution in [0.1, 0.15) is 39.0 Å². The maximum Gasteiger partial charge on any atom is 0.291 e. The Bertz CT molecular complexity index is 1060. The SMILES string of the molecule is Cc1nc(C)c(C(=O)N2C[C@@H]3[C@@H](CCNC(=O)c4cc5cnccc5[nH]4)[C@@H]3C2)o1. The predicted molar refractivity (Wildman–Crippen MR) is 105 cm³/mol. The summed E-state index contributed by atoms with van der Waals surface area (Å²) < 4.78 is 5.46. The van der Waals surface area contributed by atoms with Gasteiger partial charge in [-0.1, -0.05) is 0 Å². The molecule has 0 unspecified atom stereocenters. The third-order valence-electron chi connectivity index (χ3n) is 6.19. The number of rotatable bonds is 5. The van der Waals surface area contributed by atoms with Crippen LogP contribution in [-0.4, -0.2) is 51.3 Å². The van der Waals surface area contributed by atoms with E-state index in [9.17, 15) is 9.59 Å². The summed E-state index contributed by atoms with van der Waals surface area (Å²) in [6.45, 7) is 5.71. The topological polar surface area (TPSA) is 104 Å². The molecule has 0 spiro atoms. The Labute approximate surface area is 167 Å². The summed E-state index contributed by atoms with van der Waals surface area (Å²) in [7, 11) is 0. The van der Waals surface area contributed by atoms with Gasteiger partial charge in [-0.05, 0) is 43.2 Å². The summed E-state index contributed by atoms with van der Waals surface area (Å²) in [5, 5.41) is 3.92. The lowest BCUT2D eigenvalue weighted by Crippen LogP contribution is -2.32. The average Bonchev–Trinajstić information content (AvgIpc) is 3.11. The van der Waals surface area contributed by atoms with Crippen LogP contribution in [0.25, 0.3) is 10.9 Å². The number of hydrogen-bond acceptors (Lipinski definition) is 5. The van der Waals surface area contributed by atoms with Gasteiger partial charge in [0.05, 0.1) is 5.69 Å². The molecule has 5 rings (SSSR count). The molecule has 2 amide bonds. The predicted octanol–water partition coefficient (Wildman–Crippen LogP) is 2.31. The Hall–Kier alpha value is -3.16. The molecule has 0 bridgehead atoms. The number of likely N-dealkylation sites (tertiary alicyclic amines) is 1. The van der Waals surface area contributed by atoms with E-state index in [2.05, 4.69) is 20.3 Å². The molecule has 150 valence electrons. The highest BCUT2D eigenvalue weighted by molar-refractivity contribution is 5.97. The Morgan fingerprint density at radius 1 is 1.31 bits per heavy atom. The van der Waals surface area contributed by atoms with Crippen LogP contribution < -0.4 is 5.32 Å². The van der Waals surface area contributed by atoms with Crippen LogP contribution in [0, 0.1) is 31.6 Å². The zero-order valence-corrected chi connectivity index (χ0v) is 16.4. The number of H-pyrrole nitrogens is 1. The Morgan fingerprint density at radius 2 is 2.10 bits per heavy atom. The van der Waals surface area contributed by atoms with E-state index in [4.69, 9.17) is 4.42 Å². The number of carbonyl (C=O) groups is 2. The molecule has 4 heterocycles. The molecule has 1 saturated heterocycles. The summed E-state index contributed by atoms with van der Waals surface area (Å²) in [5.41, 5.74) is 2.11. The van der Waals surface area contributed by atoms with Crippen molar-refractivity contribution in [2.45, 2.75) is 20.3 Å². The van der Waals surface area contributed by atoms with Gasteiger partial charge in [0.25, 0.3) is 11.8 Å². The van der Waals surface area contributed by atoms with E-state index in [0.717, 1.165) is 30.4 Å². The zero-order chi connectivity index (χ0) is 20.1. The van der Waals surface area contributed by atoms with Gasteiger partial charge >= 0.3 is 0 Å². The molecular weight excluding hydrogens is 370 g/mol. The monoisotopic (exact) mass is 393 g/mol. The number of oxazole rings is 1. The fourth-order valence-corrected chi connectivity index (χ4v) is 4.66. The fourth-order valence-electron chi connectivity index (χ4n) is 4.66. The van der Waals surface area contributed by atoms with E-state index < -0.39 is 0 Å². The van der Waals surface area contributed by atoms with Crippen LogP contribution in [0.2, 0.25) is 0 Å². The van der Waals surface area contributed by atoms with Gasteiger partial charge in [0, 0.05) is 49.9 Å². The van der Waals surface area contributed by atoms with Crippen molar-refractivity contribution in [1.29, 1.82) is 0 Å². The number of aryl methyl sites for hydroxylation is 2. The van der Waals surface area contributed by atoms with E-state index in [0.29, 0.717) is 47.3 Å². The Balaban J connectivity index is 1.10. The first-order valence-electron chi connectivity index (χ1n) is 9.95. The quantitative estimate of drug-likeness (QED) is 0.692. The summed E-state index contributed by atoms with van der Waals surface area (Å²) in [6.07, 6.45) is 4.37. The second-order valence-electron chi connectivity index (χ2n) is 8.04. The minimum absolute atomic E-state index is 0.0596. The number of aromatic amines is 1. The molecule has 1 aliphatic carbocycles. The van der Waals surface area contributed by atoms with Crippen molar-refractivity contribution in [3.05, 3.63) is 47.6 Å². The first kappa shape index (κ1) is 17.9. The van der Waals surface area contributed by atoms with E-state index in [-0.39, 0.29) is 11.8 Å². The molecule has 8 heteroatoms. The minimum Gasteiger partial charge on any atom is -0.436 e. The van der Waals surface area contributed by atoms with Crippen molar-refractivity contribution in [2.24, 2.45) is 17.8 Å². The van der Waals surface area contributed by atoms with Crippen molar-refractivity contribution in [3.63, 3.8) is 0 Å². The van der Waals surface area contributed by atoms with Crippen LogP contribution in [-0.2, 0) is 0 Å². The third-order valence-corrected chi connectivity index (χ3v) is 6.19.